The van der Waals surface area contributed by atoms with Gasteiger partial charge in [0.25, 0.3) is 0 Å². The summed E-state index contributed by atoms with van der Waals surface area (Å²) < 4.78 is 44.1. The largest absolute Gasteiger partial charge is 0.416 e. The zero-order valence-corrected chi connectivity index (χ0v) is 12.2. The number of carbonyl (C=O) groups excluding carboxylic acids is 2. The van der Waals surface area contributed by atoms with Crippen molar-refractivity contribution in [2.45, 2.75) is 37.6 Å². The van der Waals surface area contributed by atoms with E-state index in [1.807, 2.05) is 0 Å². The molecule has 1 aliphatic heterocycles. The molecule has 1 saturated heterocycles. The molecule has 0 spiro atoms. The van der Waals surface area contributed by atoms with Gasteiger partial charge in [0.1, 0.15) is 12.1 Å². The summed E-state index contributed by atoms with van der Waals surface area (Å²) in [5, 5.41) is 2.38. The van der Waals surface area contributed by atoms with Crippen molar-refractivity contribution in [2.75, 3.05) is 6.61 Å². The lowest BCUT2D eigenvalue weighted by atomic mass is 9.99. The van der Waals surface area contributed by atoms with Crippen LogP contribution in [0.25, 0.3) is 0 Å². The minimum atomic E-state index is -4.54. The Morgan fingerprint density at radius 1 is 1.35 bits per heavy atom. The van der Waals surface area contributed by atoms with Crippen LogP contribution in [0.5, 0.6) is 0 Å². The van der Waals surface area contributed by atoms with Gasteiger partial charge in [-0.3, -0.25) is 9.59 Å². The number of halogens is 3. The second-order valence-electron chi connectivity index (χ2n) is 5.32. The van der Waals surface area contributed by atoms with Crippen LogP contribution < -0.4 is 11.1 Å². The molecule has 0 saturated carbocycles. The van der Waals surface area contributed by atoms with Gasteiger partial charge in [-0.1, -0.05) is 18.2 Å². The van der Waals surface area contributed by atoms with Gasteiger partial charge in [0.2, 0.25) is 11.8 Å². The van der Waals surface area contributed by atoms with Crippen LogP contribution in [0.1, 0.15) is 24.0 Å². The van der Waals surface area contributed by atoms with E-state index in [2.05, 4.69) is 5.32 Å². The number of nitrogens with two attached hydrogens (primary N) is 1. The first-order chi connectivity index (χ1) is 10.8. The molecule has 5 nitrogen and oxygen atoms in total. The van der Waals surface area contributed by atoms with Crippen molar-refractivity contribution in [3.8, 4) is 0 Å². The predicted molar refractivity (Wildman–Crippen MR) is 75.2 cm³/mol. The molecule has 1 aromatic rings. The molecule has 3 N–H and O–H groups in total. The number of hydrogen-bond donors (Lipinski definition) is 2. The Morgan fingerprint density at radius 3 is 2.61 bits per heavy atom. The summed E-state index contributed by atoms with van der Waals surface area (Å²) >= 11 is 0. The van der Waals surface area contributed by atoms with E-state index in [-0.39, 0.29) is 12.0 Å². The second kappa shape index (κ2) is 6.99. The van der Waals surface area contributed by atoms with Gasteiger partial charge >= 0.3 is 6.18 Å². The van der Waals surface area contributed by atoms with Crippen molar-refractivity contribution in [2.24, 2.45) is 5.73 Å². The van der Waals surface area contributed by atoms with E-state index in [4.69, 9.17) is 10.5 Å². The van der Waals surface area contributed by atoms with Gasteiger partial charge in [-0.25, -0.2) is 0 Å². The fraction of sp³-hybridized carbons (Fsp3) is 0.467. The molecule has 0 bridgehead atoms. The Hall–Kier alpha value is -2.09. The molecule has 0 aromatic heterocycles. The van der Waals surface area contributed by atoms with Crippen LogP contribution in [0.4, 0.5) is 13.2 Å². The number of ether oxygens (including phenoxy) is 1. The molecule has 0 radical (unpaired) electrons. The van der Waals surface area contributed by atoms with Gasteiger partial charge in [-0.15, -0.1) is 0 Å². The van der Waals surface area contributed by atoms with Crippen molar-refractivity contribution in [1.29, 1.82) is 0 Å². The summed E-state index contributed by atoms with van der Waals surface area (Å²) in [5.74, 6) is -1.43. The van der Waals surface area contributed by atoms with Crippen LogP contribution in [0.3, 0.4) is 0 Å². The molecule has 126 valence electrons. The van der Waals surface area contributed by atoms with Crippen LogP contribution in [-0.4, -0.2) is 30.6 Å². The van der Waals surface area contributed by atoms with E-state index in [0.29, 0.717) is 13.0 Å². The van der Waals surface area contributed by atoms with E-state index in [9.17, 15) is 22.8 Å². The monoisotopic (exact) mass is 330 g/mol. The first kappa shape index (κ1) is 17.3. The lowest BCUT2D eigenvalue weighted by molar-refractivity contribution is -0.138. The maximum Gasteiger partial charge on any atom is 0.416 e. The zero-order chi connectivity index (χ0) is 17.0. The van der Waals surface area contributed by atoms with Crippen molar-refractivity contribution in [3.63, 3.8) is 0 Å². The van der Waals surface area contributed by atoms with E-state index in [1.54, 1.807) is 0 Å². The topological polar surface area (TPSA) is 81.4 Å². The third-order valence-corrected chi connectivity index (χ3v) is 3.63. The SMILES string of the molecule is NC(=O)[C@@H](Cc1ccccc1C(F)(F)F)NC(=O)[C@H]1CCCO1. The molecule has 2 rings (SSSR count). The molecular formula is C15H17F3N2O3. The van der Waals surface area contributed by atoms with E-state index >= 15 is 0 Å². The van der Waals surface area contributed by atoms with Gasteiger partial charge in [0.05, 0.1) is 5.56 Å². The molecule has 2 atom stereocenters. The number of amides is 2. The lowest BCUT2D eigenvalue weighted by Crippen LogP contribution is -2.49. The highest BCUT2D eigenvalue weighted by Crippen LogP contribution is 2.32. The molecule has 0 unspecified atom stereocenters. The standard InChI is InChI=1S/C15H17F3N2O3/c16-15(17,18)10-5-2-1-4-9(10)8-11(13(19)21)20-14(22)12-6-3-7-23-12/h1-2,4-5,11-12H,3,6-8H2,(H2,19,21)(H,20,22)/t11-,12-/m1/s1. The van der Waals surface area contributed by atoms with Crippen molar-refractivity contribution >= 4 is 11.8 Å². The van der Waals surface area contributed by atoms with Crippen molar-refractivity contribution < 1.29 is 27.5 Å². The number of hydrogen-bond acceptors (Lipinski definition) is 3. The first-order valence-electron chi connectivity index (χ1n) is 7.15. The molecule has 1 heterocycles. The minimum absolute atomic E-state index is 0.101. The molecule has 1 aromatic carbocycles. The van der Waals surface area contributed by atoms with Crippen molar-refractivity contribution in [3.05, 3.63) is 35.4 Å². The molecular weight excluding hydrogens is 313 g/mol. The summed E-state index contributed by atoms with van der Waals surface area (Å²) in [5.41, 5.74) is 4.26. The highest BCUT2D eigenvalue weighted by atomic mass is 19.4. The van der Waals surface area contributed by atoms with Crippen LogP contribution in [0.15, 0.2) is 24.3 Å². The Bertz CT molecular complexity index is 584. The molecule has 1 aliphatic rings. The van der Waals surface area contributed by atoms with Crippen LogP contribution in [0.2, 0.25) is 0 Å². The van der Waals surface area contributed by atoms with Crippen LogP contribution >= 0.6 is 0 Å². The van der Waals surface area contributed by atoms with Crippen LogP contribution in [0, 0.1) is 0 Å². The Balaban J connectivity index is 2.14. The van der Waals surface area contributed by atoms with Gasteiger partial charge in [0, 0.05) is 13.0 Å². The second-order valence-corrected chi connectivity index (χ2v) is 5.32. The number of nitrogens with one attached hydrogen (secondary N) is 1. The van der Waals surface area contributed by atoms with Gasteiger partial charge in [0.15, 0.2) is 0 Å². The third-order valence-electron chi connectivity index (χ3n) is 3.63. The summed E-state index contributed by atoms with van der Waals surface area (Å²) in [4.78, 5) is 23.5. The summed E-state index contributed by atoms with van der Waals surface area (Å²) in [6, 6.07) is 3.66. The zero-order valence-electron chi connectivity index (χ0n) is 12.2. The highest BCUT2D eigenvalue weighted by molar-refractivity contribution is 5.88. The van der Waals surface area contributed by atoms with Gasteiger partial charge < -0.3 is 15.8 Å². The van der Waals surface area contributed by atoms with Crippen LogP contribution in [-0.2, 0) is 26.9 Å². The number of rotatable bonds is 5. The summed E-state index contributed by atoms with van der Waals surface area (Å²) in [6.45, 7) is 0.441. The molecule has 0 aliphatic carbocycles. The van der Waals surface area contributed by atoms with Crippen molar-refractivity contribution in [1.82, 2.24) is 5.32 Å². The fourth-order valence-electron chi connectivity index (χ4n) is 2.47. The number of carbonyl (C=O) groups is 2. The third kappa shape index (κ3) is 4.44. The first-order valence-corrected chi connectivity index (χ1v) is 7.15. The Labute approximate surface area is 131 Å². The minimum Gasteiger partial charge on any atom is -0.368 e. The fourth-order valence-corrected chi connectivity index (χ4v) is 2.47. The lowest BCUT2D eigenvalue weighted by Gasteiger charge is -2.20. The normalized spacial score (nSPS) is 19.3. The Morgan fingerprint density at radius 2 is 2.04 bits per heavy atom. The molecule has 23 heavy (non-hydrogen) atoms. The average molecular weight is 330 g/mol. The van der Waals surface area contributed by atoms with E-state index < -0.39 is 35.7 Å². The van der Waals surface area contributed by atoms with Gasteiger partial charge in [-0.2, -0.15) is 13.2 Å². The average Bonchev–Trinajstić information content (AvgIpc) is 3.00. The molecule has 2 amide bonds. The number of benzene rings is 1. The highest BCUT2D eigenvalue weighted by Gasteiger charge is 2.34. The number of alkyl halides is 3. The summed E-state index contributed by atoms with van der Waals surface area (Å²) in [6.07, 6.45) is -4.33. The van der Waals surface area contributed by atoms with E-state index in [0.717, 1.165) is 12.5 Å². The Kier molecular flexibility index (Phi) is 5.25. The van der Waals surface area contributed by atoms with Gasteiger partial charge in [-0.05, 0) is 24.5 Å². The number of primary amides is 1. The summed E-state index contributed by atoms with van der Waals surface area (Å²) in [7, 11) is 0. The van der Waals surface area contributed by atoms with E-state index in [1.165, 1.54) is 18.2 Å². The molecule has 8 heteroatoms. The smallest absolute Gasteiger partial charge is 0.368 e. The maximum atomic E-state index is 13.0. The quantitative estimate of drug-likeness (QED) is 0.856. The molecule has 1 fully saturated rings. The predicted octanol–water partition coefficient (Wildman–Crippen LogP) is 1.40. The maximum absolute atomic E-state index is 13.0.